The zero-order chi connectivity index (χ0) is 14.9. The van der Waals surface area contributed by atoms with Crippen molar-refractivity contribution in [1.82, 2.24) is 9.55 Å². The number of nitrogens with zero attached hydrogens (tertiary/aromatic N) is 2. The fourth-order valence-corrected chi connectivity index (χ4v) is 2.92. The van der Waals surface area contributed by atoms with Gasteiger partial charge in [0, 0.05) is 5.75 Å². The second-order valence-corrected chi connectivity index (χ2v) is 6.24. The highest BCUT2D eigenvalue weighted by atomic mass is 32.2. The molecule has 1 aromatic rings. The third kappa shape index (κ3) is 3.78. The number of rotatable bonds is 4. The fraction of sp³-hybridized carbons (Fsp3) is 0.500. The number of anilines is 1. The summed E-state index contributed by atoms with van der Waals surface area (Å²) in [5.41, 5.74) is 3.71. The molecule has 2 heterocycles. The summed E-state index contributed by atoms with van der Waals surface area (Å²) < 4.78 is 34.4. The molecule has 0 amide bonds. The third-order valence-corrected chi connectivity index (χ3v) is 3.94. The molecule has 0 aromatic carbocycles. The van der Waals surface area contributed by atoms with Crippen LogP contribution in [0.5, 0.6) is 0 Å². The number of aromatic nitrogens is 2. The van der Waals surface area contributed by atoms with E-state index in [0.29, 0.717) is 0 Å². The summed E-state index contributed by atoms with van der Waals surface area (Å²) in [4.78, 5) is 32.0. The average molecular weight is 327 g/mol. The molecule has 1 aliphatic rings. The Balaban J connectivity index is 2.05. The minimum atomic E-state index is -4.58. The van der Waals surface area contributed by atoms with Crippen LogP contribution in [0.3, 0.4) is 0 Å². The van der Waals surface area contributed by atoms with E-state index in [1.54, 1.807) is 0 Å². The Bertz CT molecular complexity index is 606. The molecule has 0 unspecified atom stereocenters. The SMILES string of the molecule is Nc1nc(=O)n([C@@H]2CS[C@H](COP(=O)(O)O)O2)cc1F. The Morgan fingerprint density at radius 1 is 1.70 bits per heavy atom. The number of hydrogen-bond acceptors (Lipinski definition) is 7. The smallest absolute Gasteiger partial charge is 0.381 e. The van der Waals surface area contributed by atoms with Crippen molar-refractivity contribution in [2.45, 2.75) is 11.7 Å². The van der Waals surface area contributed by atoms with Gasteiger partial charge in [0.25, 0.3) is 0 Å². The minimum Gasteiger partial charge on any atom is -0.381 e. The lowest BCUT2D eigenvalue weighted by molar-refractivity contribution is -0.00691. The van der Waals surface area contributed by atoms with Crippen molar-refractivity contribution in [1.29, 1.82) is 0 Å². The molecule has 1 fully saturated rings. The van der Waals surface area contributed by atoms with Crippen molar-refractivity contribution < 1.29 is 28.0 Å². The highest BCUT2D eigenvalue weighted by Gasteiger charge is 2.30. The van der Waals surface area contributed by atoms with Crippen LogP contribution in [0, 0.1) is 5.82 Å². The first-order chi connectivity index (χ1) is 9.26. The predicted molar refractivity (Wildman–Crippen MR) is 67.2 cm³/mol. The van der Waals surface area contributed by atoms with E-state index in [9.17, 15) is 13.8 Å². The highest BCUT2D eigenvalue weighted by molar-refractivity contribution is 8.00. The van der Waals surface area contributed by atoms with E-state index < -0.39 is 36.8 Å². The zero-order valence-electron chi connectivity index (χ0n) is 9.88. The molecule has 20 heavy (non-hydrogen) atoms. The Kier molecular flexibility index (Phi) is 4.47. The van der Waals surface area contributed by atoms with E-state index in [1.807, 2.05) is 0 Å². The molecule has 0 radical (unpaired) electrons. The Hall–Kier alpha value is -0.970. The molecular weight excluding hydrogens is 316 g/mol. The second kappa shape index (κ2) is 5.80. The van der Waals surface area contributed by atoms with Crippen molar-refractivity contribution in [3.8, 4) is 0 Å². The monoisotopic (exact) mass is 327 g/mol. The number of phosphoric ester groups is 1. The molecule has 1 aliphatic heterocycles. The minimum absolute atomic E-state index is 0.278. The van der Waals surface area contributed by atoms with Gasteiger partial charge < -0.3 is 20.3 Å². The second-order valence-electron chi connectivity index (χ2n) is 3.80. The first kappa shape index (κ1) is 15.4. The van der Waals surface area contributed by atoms with Crippen LogP contribution in [0.4, 0.5) is 10.2 Å². The molecule has 0 aliphatic carbocycles. The average Bonchev–Trinajstić information content (AvgIpc) is 2.79. The van der Waals surface area contributed by atoms with E-state index in [1.165, 1.54) is 11.8 Å². The Labute approximate surface area is 116 Å². The van der Waals surface area contributed by atoms with Crippen LogP contribution in [0.1, 0.15) is 6.23 Å². The van der Waals surface area contributed by atoms with Gasteiger partial charge in [-0.15, -0.1) is 11.8 Å². The zero-order valence-corrected chi connectivity index (χ0v) is 11.6. The molecule has 2 rings (SSSR count). The lowest BCUT2D eigenvalue weighted by Crippen LogP contribution is -2.29. The number of nitrogens with two attached hydrogens (primary N) is 1. The molecule has 4 N–H and O–H groups in total. The Morgan fingerprint density at radius 2 is 2.40 bits per heavy atom. The van der Waals surface area contributed by atoms with E-state index in [4.69, 9.17) is 20.3 Å². The summed E-state index contributed by atoms with van der Waals surface area (Å²) in [7, 11) is -4.58. The number of thioether (sulfide) groups is 1. The van der Waals surface area contributed by atoms with Gasteiger partial charge in [-0.1, -0.05) is 0 Å². The molecule has 2 atom stereocenters. The summed E-state index contributed by atoms with van der Waals surface area (Å²) in [6, 6.07) is 0. The maximum absolute atomic E-state index is 13.3. The van der Waals surface area contributed by atoms with Crippen LogP contribution < -0.4 is 11.4 Å². The van der Waals surface area contributed by atoms with Crippen LogP contribution in [0.2, 0.25) is 0 Å². The third-order valence-electron chi connectivity index (χ3n) is 2.36. The number of phosphoric acid groups is 1. The van der Waals surface area contributed by atoms with Gasteiger partial charge >= 0.3 is 13.5 Å². The molecule has 0 bridgehead atoms. The first-order valence-corrected chi connectivity index (χ1v) is 7.85. The van der Waals surface area contributed by atoms with Gasteiger partial charge in [-0.3, -0.25) is 9.09 Å². The molecule has 0 saturated carbocycles. The van der Waals surface area contributed by atoms with Gasteiger partial charge in [0.1, 0.15) is 11.7 Å². The van der Waals surface area contributed by atoms with Crippen LogP contribution in [0.15, 0.2) is 11.0 Å². The largest absolute Gasteiger partial charge is 0.469 e. The van der Waals surface area contributed by atoms with Gasteiger partial charge in [-0.25, -0.2) is 13.8 Å². The maximum atomic E-state index is 13.3. The van der Waals surface area contributed by atoms with Crippen LogP contribution in [-0.2, 0) is 13.8 Å². The van der Waals surface area contributed by atoms with Gasteiger partial charge in [-0.05, 0) is 0 Å². The fourth-order valence-electron chi connectivity index (χ4n) is 1.50. The van der Waals surface area contributed by atoms with E-state index in [0.717, 1.165) is 10.8 Å². The molecule has 9 nitrogen and oxygen atoms in total. The van der Waals surface area contributed by atoms with Crippen molar-refractivity contribution in [3.63, 3.8) is 0 Å². The summed E-state index contributed by atoms with van der Waals surface area (Å²) in [5.74, 6) is -1.08. The van der Waals surface area contributed by atoms with E-state index >= 15 is 0 Å². The molecule has 1 saturated heterocycles. The molecule has 12 heteroatoms. The van der Waals surface area contributed by atoms with Crippen molar-refractivity contribution in [2.24, 2.45) is 0 Å². The Morgan fingerprint density at radius 3 is 3.05 bits per heavy atom. The quantitative estimate of drug-likeness (QED) is 0.634. The lowest BCUT2D eigenvalue weighted by Gasteiger charge is -2.15. The van der Waals surface area contributed by atoms with E-state index in [2.05, 4.69) is 9.51 Å². The van der Waals surface area contributed by atoms with Crippen molar-refractivity contribution in [3.05, 3.63) is 22.5 Å². The standard InChI is InChI=1S/C8H11FN3O6PS/c9-4-1-12(8(13)11-7(4)10)5-3-20-6(18-5)2-17-19(14,15)16/h1,5-6H,2-3H2,(H2,10,11,13)(H2,14,15,16)/t5-,6+/m0/s1. The van der Waals surface area contributed by atoms with Gasteiger partial charge in [-0.2, -0.15) is 4.98 Å². The van der Waals surface area contributed by atoms with Gasteiger partial charge in [0.2, 0.25) is 0 Å². The van der Waals surface area contributed by atoms with Crippen LogP contribution >= 0.6 is 19.6 Å². The number of nitrogen functional groups attached to an aromatic ring is 1. The normalized spacial score (nSPS) is 23.1. The van der Waals surface area contributed by atoms with Crippen molar-refractivity contribution >= 4 is 25.4 Å². The number of halogens is 1. The maximum Gasteiger partial charge on any atom is 0.469 e. The van der Waals surface area contributed by atoms with Crippen LogP contribution in [0.25, 0.3) is 0 Å². The highest BCUT2D eigenvalue weighted by Crippen LogP contribution is 2.39. The lowest BCUT2D eigenvalue weighted by atomic mass is 10.5. The summed E-state index contributed by atoms with van der Waals surface area (Å²) in [6.07, 6.45) is 0.0720. The summed E-state index contributed by atoms with van der Waals surface area (Å²) in [5, 5.41) is 0. The predicted octanol–water partition coefficient (Wildman–Crippen LogP) is -0.338. The topological polar surface area (TPSA) is 137 Å². The first-order valence-electron chi connectivity index (χ1n) is 5.27. The molecule has 0 spiro atoms. The van der Waals surface area contributed by atoms with E-state index in [-0.39, 0.29) is 12.4 Å². The molecule has 1 aromatic heterocycles. The van der Waals surface area contributed by atoms with Crippen LogP contribution in [-0.4, -0.2) is 37.1 Å². The number of hydrogen-bond donors (Lipinski definition) is 3. The molecular formula is C8H11FN3O6PS. The summed E-state index contributed by atoms with van der Waals surface area (Å²) in [6.45, 7) is -0.356. The van der Waals surface area contributed by atoms with Gasteiger partial charge in [0.05, 0.1) is 12.8 Å². The van der Waals surface area contributed by atoms with Crippen molar-refractivity contribution in [2.75, 3.05) is 18.1 Å². The molecule has 112 valence electrons. The van der Waals surface area contributed by atoms with Gasteiger partial charge in [0.15, 0.2) is 11.6 Å². The number of ether oxygens (including phenoxy) is 1. The summed E-state index contributed by atoms with van der Waals surface area (Å²) >= 11 is 1.17.